The van der Waals surface area contributed by atoms with E-state index in [0.717, 1.165) is 68.9 Å². The molecule has 2 aromatic rings. The van der Waals surface area contributed by atoms with Gasteiger partial charge in [-0.1, -0.05) is 37.6 Å². The van der Waals surface area contributed by atoms with Crippen LogP contribution >= 0.6 is 23.8 Å². The minimum Gasteiger partial charge on any atom is -0.381 e. The number of thiocarbonyl (C=S) groups is 1. The lowest BCUT2D eigenvalue weighted by Gasteiger charge is -2.38. The third kappa shape index (κ3) is 6.69. The van der Waals surface area contributed by atoms with Gasteiger partial charge in [0.05, 0.1) is 0 Å². The molecule has 3 aliphatic heterocycles. The molecule has 3 aliphatic rings. The van der Waals surface area contributed by atoms with Crippen LogP contribution in [0.4, 0.5) is 17.6 Å². The highest BCUT2D eigenvalue weighted by Crippen LogP contribution is 2.35. The van der Waals surface area contributed by atoms with E-state index in [-0.39, 0.29) is 5.41 Å². The second-order valence-electron chi connectivity index (χ2n) is 11.5. The highest BCUT2D eigenvalue weighted by molar-refractivity contribution is 7.80. The molecule has 4 heterocycles. The number of piperidine rings is 2. The first-order valence-corrected chi connectivity index (χ1v) is 15.0. The van der Waals surface area contributed by atoms with Crippen LogP contribution in [0.5, 0.6) is 0 Å². The normalized spacial score (nSPS) is 23.7. The van der Waals surface area contributed by atoms with E-state index >= 15 is 0 Å². The quantitative estimate of drug-likeness (QED) is 0.443. The highest BCUT2D eigenvalue weighted by atomic mass is 35.5. The first-order valence-electron chi connectivity index (χ1n) is 14.2. The molecule has 0 bridgehead atoms. The van der Waals surface area contributed by atoms with E-state index in [9.17, 15) is 0 Å². The predicted molar refractivity (Wildman–Crippen MR) is 161 cm³/mol. The monoisotopic (exact) mass is 556 g/mol. The Morgan fingerprint density at radius 3 is 2.24 bits per heavy atom. The zero-order chi connectivity index (χ0) is 26.5. The van der Waals surface area contributed by atoms with Crippen molar-refractivity contribution in [3.05, 3.63) is 40.9 Å². The molecule has 2 atom stereocenters. The molecule has 2 unspecified atom stereocenters. The fourth-order valence-electron chi connectivity index (χ4n) is 6.14. The van der Waals surface area contributed by atoms with Gasteiger partial charge >= 0.3 is 0 Å². The summed E-state index contributed by atoms with van der Waals surface area (Å²) >= 11 is 12.1. The molecule has 1 aromatic heterocycles. The van der Waals surface area contributed by atoms with Crippen LogP contribution in [0.2, 0.25) is 5.02 Å². The van der Waals surface area contributed by atoms with Crippen LogP contribution in [0, 0.1) is 11.8 Å². The van der Waals surface area contributed by atoms with Crippen LogP contribution in [0.25, 0.3) is 0 Å². The SMILES string of the molecule is CC1CCCN(c2cc(N3CCCC(C)C3)nc(NC(=S)NCC3(c4cccc(Cl)c4)CCOCC3)n2)C1. The van der Waals surface area contributed by atoms with Gasteiger partial charge in [0.1, 0.15) is 11.6 Å². The number of hydrogen-bond acceptors (Lipinski definition) is 6. The van der Waals surface area contributed by atoms with Crippen LogP contribution in [-0.2, 0) is 10.2 Å². The van der Waals surface area contributed by atoms with Crippen molar-refractivity contribution in [1.29, 1.82) is 0 Å². The summed E-state index contributed by atoms with van der Waals surface area (Å²) in [7, 11) is 0. The van der Waals surface area contributed by atoms with Gasteiger partial charge in [-0.05, 0) is 80.3 Å². The minimum absolute atomic E-state index is 0.0867. The Labute approximate surface area is 237 Å². The smallest absolute Gasteiger partial charge is 0.232 e. The lowest BCUT2D eigenvalue weighted by atomic mass is 9.74. The first kappa shape index (κ1) is 27.4. The van der Waals surface area contributed by atoms with Gasteiger partial charge < -0.3 is 25.2 Å². The first-order chi connectivity index (χ1) is 18.4. The summed E-state index contributed by atoms with van der Waals surface area (Å²) in [6.07, 6.45) is 6.77. The standard InChI is InChI=1S/C29H41ClN6OS/c1-21-6-4-12-35(18-21)25-17-26(36-13-5-7-22(2)19-36)33-27(32-25)34-28(38)31-20-29(10-14-37-15-11-29)23-8-3-9-24(30)16-23/h3,8-9,16-17,21-22H,4-7,10-15,18-20H2,1-2H3,(H2,31,32,33,34,38). The summed E-state index contributed by atoms with van der Waals surface area (Å²) in [5.74, 6) is 3.88. The Bertz CT molecular complexity index is 1070. The van der Waals surface area contributed by atoms with Crippen molar-refractivity contribution in [3.63, 3.8) is 0 Å². The average molecular weight is 557 g/mol. The number of halogens is 1. The van der Waals surface area contributed by atoms with E-state index < -0.39 is 0 Å². The van der Waals surface area contributed by atoms with Gasteiger partial charge in [0.25, 0.3) is 0 Å². The minimum atomic E-state index is -0.0867. The fraction of sp³-hybridized carbons (Fsp3) is 0.621. The van der Waals surface area contributed by atoms with E-state index in [0.29, 0.717) is 29.4 Å². The van der Waals surface area contributed by atoms with Gasteiger partial charge in [-0.2, -0.15) is 9.97 Å². The van der Waals surface area contributed by atoms with Crippen molar-refractivity contribution < 1.29 is 4.74 Å². The molecule has 7 nitrogen and oxygen atoms in total. The molecule has 2 N–H and O–H groups in total. The molecule has 0 saturated carbocycles. The number of nitrogens with zero attached hydrogens (tertiary/aromatic N) is 4. The van der Waals surface area contributed by atoms with E-state index in [4.69, 9.17) is 38.5 Å². The van der Waals surface area contributed by atoms with Gasteiger partial charge in [-0.25, -0.2) is 0 Å². The number of rotatable bonds is 6. The average Bonchev–Trinajstić information content (AvgIpc) is 2.92. The van der Waals surface area contributed by atoms with Crippen LogP contribution in [0.15, 0.2) is 30.3 Å². The lowest BCUT2D eigenvalue weighted by Crippen LogP contribution is -2.45. The van der Waals surface area contributed by atoms with Crippen LogP contribution in [0.3, 0.4) is 0 Å². The summed E-state index contributed by atoms with van der Waals surface area (Å²) in [6.45, 7) is 10.9. The Kier molecular flexibility index (Phi) is 8.91. The van der Waals surface area contributed by atoms with E-state index in [2.05, 4.69) is 52.5 Å². The van der Waals surface area contributed by atoms with E-state index in [1.807, 2.05) is 12.1 Å². The molecular formula is C29H41ClN6OS. The zero-order valence-electron chi connectivity index (χ0n) is 22.7. The zero-order valence-corrected chi connectivity index (χ0v) is 24.3. The molecule has 3 saturated heterocycles. The summed E-state index contributed by atoms with van der Waals surface area (Å²) < 4.78 is 5.70. The lowest BCUT2D eigenvalue weighted by molar-refractivity contribution is 0.0515. The van der Waals surface area contributed by atoms with E-state index in [1.54, 1.807) is 0 Å². The number of aromatic nitrogens is 2. The van der Waals surface area contributed by atoms with Gasteiger partial charge in [-0.15, -0.1) is 0 Å². The molecule has 0 amide bonds. The number of hydrogen-bond donors (Lipinski definition) is 2. The van der Waals surface area contributed by atoms with Gasteiger partial charge in [-0.3, -0.25) is 0 Å². The molecule has 1 aromatic carbocycles. The highest BCUT2D eigenvalue weighted by Gasteiger charge is 2.35. The van der Waals surface area contributed by atoms with E-state index in [1.165, 1.54) is 31.2 Å². The molecular weight excluding hydrogens is 516 g/mol. The van der Waals surface area contributed by atoms with Crippen molar-refractivity contribution in [2.75, 3.05) is 61.1 Å². The second kappa shape index (κ2) is 12.3. The molecule has 38 heavy (non-hydrogen) atoms. The maximum Gasteiger partial charge on any atom is 0.232 e. The van der Waals surface area contributed by atoms with Crippen LogP contribution in [0.1, 0.15) is 57.9 Å². The number of benzene rings is 1. The van der Waals surface area contributed by atoms with Gasteiger partial charge in [0.15, 0.2) is 5.11 Å². The van der Waals surface area contributed by atoms with Gasteiger partial charge in [0, 0.05) is 62.4 Å². The number of ether oxygens (including phenoxy) is 1. The van der Waals surface area contributed by atoms with Crippen molar-refractivity contribution in [2.24, 2.45) is 11.8 Å². The predicted octanol–water partition coefficient (Wildman–Crippen LogP) is 5.64. The molecule has 5 rings (SSSR count). The maximum atomic E-state index is 6.36. The Morgan fingerprint density at radius 1 is 1.03 bits per heavy atom. The Hall–Kier alpha value is -2.16. The molecule has 3 fully saturated rings. The summed E-state index contributed by atoms with van der Waals surface area (Å²) in [5.41, 5.74) is 1.14. The topological polar surface area (TPSA) is 65.5 Å². The Balaban J connectivity index is 1.33. The largest absolute Gasteiger partial charge is 0.381 e. The van der Waals surface area contributed by atoms with Crippen LogP contribution in [-0.4, -0.2) is 61.0 Å². The van der Waals surface area contributed by atoms with Crippen molar-refractivity contribution >= 4 is 46.5 Å². The second-order valence-corrected chi connectivity index (χ2v) is 12.4. The third-order valence-electron chi connectivity index (χ3n) is 8.36. The maximum absolute atomic E-state index is 6.36. The summed E-state index contributed by atoms with van der Waals surface area (Å²) in [6, 6.07) is 10.4. The Morgan fingerprint density at radius 2 is 1.66 bits per heavy atom. The molecule has 9 heteroatoms. The molecule has 0 spiro atoms. The number of anilines is 3. The number of nitrogens with one attached hydrogen (secondary N) is 2. The van der Waals surface area contributed by atoms with Gasteiger partial charge in [0.2, 0.25) is 5.95 Å². The molecule has 0 aliphatic carbocycles. The van der Waals surface area contributed by atoms with Crippen molar-refractivity contribution in [1.82, 2.24) is 15.3 Å². The van der Waals surface area contributed by atoms with Crippen molar-refractivity contribution in [2.45, 2.75) is 57.8 Å². The fourth-order valence-corrected chi connectivity index (χ4v) is 6.49. The van der Waals surface area contributed by atoms with Crippen LogP contribution < -0.4 is 20.4 Å². The molecule has 206 valence electrons. The summed E-state index contributed by atoms with van der Waals surface area (Å²) in [4.78, 5) is 14.7. The summed E-state index contributed by atoms with van der Waals surface area (Å²) in [5, 5.41) is 8.11. The van der Waals surface area contributed by atoms with Crippen molar-refractivity contribution in [3.8, 4) is 0 Å². The third-order valence-corrected chi connectivity index (χ3v) is 8.84. The molecule has 0 radical (unpaired) electrons.